The van der Waals surface area contributed by atoms with E-state index in [1.165, 1.54) is 18.2 Å². The lowest BCUT2D eigenvalue weighted by atomic mass is 10.1. The van der Waals surface area contributed by atoms with E-state index in [0.717, 1.165) is 11.1 Å². The highest BCUT2D eigenvalue weighted by Gasteiger charge is 2.21. The summed E-state index contributed by atoms with van der Waals surface area (Å²) in [7, 11) is 0. The molecule has 3 aromatic rings. The smallest absolute Gasteiger partial charge is 0.335 e. The minimum Gasteiger partial charge on any atom is -0.478 e. The number of aromatic carboxylic acids is 1. The van der Waals surface area contributed by atoms with E-state index >= 15 is 0 Å². The molecule has 0 spiro atoms. The molecule has 4 rings (SSSR count). The third kappa shape index (κ3) is 2.79. The molecule has 2 heterocycles. The minimum atomic E-state index is -1.06. The van der Waals surface area contributed by atoms with Crippen molar-refractivity contribution in [1.82, 2.24) is 9.55 Å². The van der Waals surface area contributed by atoms with Crippen LogP contribution < -0.4 is 5.56 Å². The first-order chi connectivity index (χ1) is 12.4. The van der Waals surface area contributed by atoms with E-state index in [4.69, 9.17) is 28.3 Å². The number of benzene rings is 2. The zero-order valence-corrected chi connectivity index (χ0v) is 14.9. The largest absolute Gasteiger partial charge is 0.478 e. The Bertz CT molecular complexity index is 1170. The lowest BCUT2D eigenvalue weighted by molar-refractivity contribution is 0.0697. The molecule has 0 radical (unpaired) electrons. The van der Waals surface area contributed by atoms with Crippen LogP contribution in [-0.4, -0.2) is 20.6 Å². The summed E-state index contributed by atoms with van der Waals surface area (Å²) in [6.45, 7) is 0.523. The molecule has 5 nitrogen and oxygen atoms in total. The molecule has 7 heteroatoms. The van der Waals surface area contributed by atoms with E-state index in [1.54, 1.807) is 16.7 Å². The molecule has 0 saturated carbocycles. The summed E-state index contributed by atoms with van der Waals surface area (Å²) in [6.07, 6.45) is 2.53. The van der Waals surface area contributed by atoms with Gasteiger partial charge in [0, 0.05) is 16.6 Å². The zero-order valence-electron chi connectivity index (χ0n) is 13.4. The van der Waals surface area contributed by atoms with Crippen molar-refractivity contribution in [1.29, 1.82) is 0 Å². The summed E-state index contributed by atoms with van der Waals surface area (Å²) in [5.74, 6) is -0.519. The Kier molecular flexibility index (Phi) is 4.05. The van der Waals surface area contributed by atoms with Crippen LogP contribution in [0, 0.1) is 0 Å². The van der Waals surface area contributed by atoms with Crippen LogP contribution in [0.4, 0.5) is 0 Å². The third-order valence-electron chi connectivity index (χ3n) is 4.39. The molecule has 1 aliphatic rings. The van der Waals surface area contributed by atoms with Crippen molar-refractivity contribution < 1.29 is 9.90 Å². The number of nitrogens with zero attached hydrogens (tertiary/aromatic N) is 2. The Balaban J connectivity index is 1.90. The van der Waals surface area contributed by atoms with Crippen LogP contribution in [0.3, 0.4) is 0 Å². The van der Waals surface area contributed by atoms with Crippen LogP contribution in [0.1, 0.15) is 28.2 Å². The lowest BCUT2D eigenvalue weighted by Crippen LogP contribution is -2.21. The van der Waals surface area contributed by atoms with Gasteiger partial charge < -0.3 is 5.11 Å². The molecule has 130 valence electrons. The van der Waals surface area contributed by atoms with Gasteiger partial charge in [0.2, 0.25) is 0 Å². The average molecular weight is 387 g/mol. The van der Waals surface area contributed by atoms with Crippen molar-refractivity contribution >= 4 is 51.7 Å². The Morgan fingerprint density at radius 1 is 1.19 bits per heavy atom. The zero-order chi connectivity index (χ0) is 18.4. The van der Waals surface area contributed by atoms with Gasteiger partial charge in [0.1, 0.15) is 5.82 Å². The van der Waals surface area contributed by atoms with Crippen molar-refractivity contribution in [3.8, 4) is 0 Å². The molecule has 0 bridgehead atoms. The van der Waals surface area contributed by atoms with Crippen molar-refractivity contribution in [2.24, 2.45) is 0 Å². The van der Waals surface area contributed by atoms with Crippen LogP contribution in [0.15, 0.2) is 41.2 Å². The quantitative estimate of drug-likeness (QED) is 0.710. The number of fused-ring (bicyclic) bond motifs is 2. The van der Waals surface area contributed by atoms with Gasteiger partial charge in [-0.25, -0.2) is 9.78 Å². The molecular weight excluding hydrogens is 375 g/mol. The number of allylic oxidation sites excluding steroid dienone is 1. The van der Waals surface area contributed by atoms with Crippen LogP contribution >= 0.6 is 23.2 Å². The highest BCUT2D eigenvalue weighted by Crippen LogP contribution is 2.30. The molecule has 1 aliphatic heterocycles. The van der Waals surface area contributed by atoms with E-state index in [1.807, 2.05) is 12.1 Å². The highest BCUT2D eigenvalue weighted by atomic mass is 35.5. The standard InChI is InChI=1S/C19H12Cl2N2O3/c20-13-3-1-10(15(21)9-13)7-11-5-6-23-17(11)22-16-8-12(19(25)26)2-4-14(16)18(23)24/h1-4,7-9H,5-6H2,(H,25,26). The van der Waals surface area contributed by atoms with Gasteiger partial charge in [-0.15, -0.1) is 0 Å². The van der Waals surface area contributed by atoms with Crippen LogP contribution in [0.25, 0.3) is 22.6 Å². The number of carboxylic acid groups (broad SMARTS) is 1. The van der Waals surface area contributed by atoms with Gasteiger partial charge in [-0.2, -0.15) is 0 Å². The van der Waals surface area contributed by atoms with Gasteiger partial charge in [0.25, 0.3) is 5.56 Å². The number of halogens is 2. The van der Waals surface area contributed by atoms with Gasteiger partial charge in [0.05, 0.1) is 16.5 Å². The SMILES string of the molecule is O=C(O)c1ccc2c(=O)n3c(nc2c1)C(=Cc1ccc(Cl)cc1Cl)CC3. The summed E-state index contributed by atoms with van der Waals surface area (Å²) in [4.78, 5) is 28.4. The summed E-state index contributed by atoms with van der Waals surface area (Å²) >= 11 is 12.2. The number of rotatable bonds is 2. The molecule has 1 N–H and O–H groups in total. The van der Waals surface area contributed by atoms with Crippen LogP contribution in [-0.2, 0) is 6.54 Å². The average Bonchev–Trinajstić information content (AvgIpc) is 3.00. The summed E-state index contributed by atoms with van der Waals surface area (Å²) < 4.78 is 1.61. The van der Waals surface area contributed by atoms with Gasteiger partial charge in [-0.1, -0.05) is 29.3 Å². The predicted molar refractivity (Wildman–Crippen MR) is 102 cm³/mol. The number of carboxylic acids is 1. The Hall–Kier alpha value is -2.63. The second-order valence-electron chi connectivity index (χ2n) is 6.01. The van der Waals surface area contributed by atoms with E-state index in [0.29, 0.717) is 39.7 Å². The molecule has 0 amide bonds. The van der Waals surface area contributed by atoms with E-state index in [2.05, 4.69) is 4.98 Å². The van der Waals surface area contributed by atoms with Crippen LogP contribution in [0.5, 0.6) is 0 Å². The Morgan fingerprint density at radius 2 is 2.00 bits per heavy atom. The maximum atomic E-state index is 12.7. The molecule has 2 aromatic carbocycles. The first-order valence-corrected chi connectivity index (χ1v) is 8.63. The molecule has 26 heavy (non-hydrogen) atoms. The highest BCUT2D eigenvalue weighted by molar-refractivity contribution is 6.35. The maximum Gasteiger partial charge on any atom is 0.335 e. The minimum absolute atomic E-state index is 0.0959. The summed E-state index contributed by atoms with van der Waals surface area (Å²) in [5.41, 5.74) is 1.95. The summed E-state index contributed by atoms with van der Waals surface area (Å²) in [6, 6.07) is 9.56. The number of hydrogen-bond acceptors (Lipinski definition) is 3. The first kappa shape index (κ1) is 16.8. The first-order valence-electron chi connectivity index (χ1n) is 7.88. The topological polar surface area (TPSA) is 72.2 Å². The van der Waals surface area contributed by atoms with Crippen molar-refractivity contribution in [2.75, 3.05) is 0 Å². The molecular formula is C19H12Cl2N2O3. The van der Waals surface area contributed by atoms with Gasteiger partial charge in [-0.3, -0.25) is 9.36 Å². The fourth-order valence-corrected chi connectivity index (χ4v) is 3.56. The number of carbonyl (C=O) groups is 1. The number of hydrogen-bond donors (Lipinski definition) is 1. The fraction of sp³-hybridized carbons (Fsp3) is 0.105. The third-order valence-corrected chi connectivity index (χ3v) is 4.95. The summed E-state index contributed by atoms with van der Waals surface area (Å²) in [5, 5.41) is 10.6. The normalized spacial score (nSPS) is 14.8. The lowest BCUT2D eigenvalue weighted by Gasteiger charge is -2.07. The van der Waals surface area contributed by atoms with Crippen molar-refractivity contribution in [2.45, 2.75) is 13.0 Å². The predicted octanol–water partition coefficient (Wildman–Crippen LogP) is 4.35. The van der Waals surface area contributed by atoms with E-state index in [-0.39, 0.29) is 11.1 Å². The van der Waals surface area contributed by atoms with Gasteiger partial charge >= 0.3 is 5.97 Å². The van der Waals surface area contributed by atoms with E-state index in [9.17, 15) is 9.59 Å². The van der Waals surface area contributed by atoms with Crippen molar-refractivity contribution in [3.05, 3.63) is 73.7 Å². The molecule has 0 unspecified atom stereocenters. The molecule has 1 aromatic heterocycles. The number of aromatic nitrogens is 2. The second-order valence-corrected chi connectivity index (χ2v) is 6.86. The van der Waals surface area contributed by atoms with Gasteiger partial charge in [0.15, 0.2) is 0 Å². The molecule has 0 atom stereocenters. The van der Waals surface area contributed by atoms with Crippen molar-refractivity contribution in [3.63, 3.8) is 0 Å². The molecule has 0 saturated heterocycles. The van der Waals surface area contributed by atoms with Gasteiger partial charge in [-0.05, 0) is 54.0 Å². The van der Waals surface area contributed by atoms with Crippen LogP contribution in [0.2, 0.25) is 10.0 Å². The molecule has 0 aliphatic carbocycles. The monoisotopic (exact) mass is 386 g/mol. The maximum absolute atomic E-state index is 12.7. The molecule has 0 fully saturated rings. The van der Waals surface area contributed by atoms with E-state index < -0.39 is 5.97 Å². The second kappa shape index (κ2) is 6.27. The fourth-order valence-electron chi connectivity index (χ4n) is 3.09. The Labute approximate surface area is 158 Å². The Morgan fingerprint density at radius 3 is 2.73 bits per heavy atom.